The van der Waals surface area contributed by atoms with Gasteiger partial charge in [-0.3, -0.25) is 14.5 Å². The number of nitrogens with zero attached hydrogens (tertiary/aromatic N) is 1. The number of carbonyl (C=O) groups excluding carboxylic acids is 2. The summed E-state index contributed by atoms with van der Waals surface area (Å²) >= 11 is 6.26. The van der Waals surface area contributed by atoms with Crippen LogP contribution in [0.15, 0.2) is 12.1 Å². The van der Waals surface area contributed by atoms with Crippen LogP contribution >= 0.6 is 11.6 Å². The van der Waals surface area contributed by atoms with Crippen LogP contribution in [0, 0.1) is 5.92 Å². The van der Waals surface area contributed by atoms with Gasteiger partial charge in [0.1, 0.15) is 5.75 Å². The number of rotatable bonds is 5. The fourth-order valence-corrected chi connectivity index (χ4v) is 4.89. The fourth-order valence-electron chi connectivity index (χ4n) is 4.68. The molecule has 3 atom stereocenters. The lowest BCUT2D eigenvalue weighted by Gasteiger charge is -2.46. The number of fused-ring (bicyclic) bond motifs is 1. The molecule has 7 heteroatoms. The van der Waals surface area contributed by atoms with Gasteiger partial charge in [0, 0.05) is 25.6 Å². The van der Waals surface area contributed by atoms with Crippen molar-refractivity contribution in [2.24, 2.45) is 5.92 Å². The molecule has 1 heterocycles. The average Bonchev–Trinajstić information content (AvgIpc) is 2.68. The Morgan fingerprint density at radius 3 is 2.64 bits per heavy atom. The normalized spacial score (nSPS) is 23.4. The maximum absolute atomic E-state index is 13.0. The van der Waals surface area contributed by atoms with Crippen LogP contribution in [0.2, 0.25) is 5.02 Å². The second-order valence-electron chi connectivity index (χ2n) is 7.85. The Balaban J connectivity index is 1.74. The summed E-state index contributed by atoms with van der Waals surface area (Å²) in [7, 11) is 1.50. The van der Waals surface area contributed by atoms with Gasteiger partial charge in [-0.1, -0.05) is 24.4 Å². The summed E-state index contributed by atoms with van der Waals surface area (Å²) in [5.74, 6) is 0.676. The first-order chi connectivity index (χ1) is 13.4. The number of benzene rings is 1. The summed E-state index contributed by atoms with van der Waals surface area (Å²) in [5.41, 5.74) is 0.794. The van der Waals surface area contributed by atoms with Gasteiger partial charge in [0.05, 0.1) is 29.5 Å². The number of amides is 2. The Hall–Kier alpha value is -1.79. The highest BCUT2D eigenvalue weighted by Gasteiger charge is 2.36. The van der Waals surface area contributed by atoms with E-state index in [1.165, 1.54) is 52.6 Å². The van der Waals surface area contributed by atoms with E-state index < -0.39 is 0 Å². The largest absolute Gasteiger partial charge is 0.496 e. The molecule has 0 bridgehead atoms. The van der Waals surface area contributed by atoms with E-state index in [1.807, 2.05) is 0 Å². The molecule has 1 aliphatic heterocycles. The van der Waals surface area contributed by atoms with Crippen LogP contribution in [0.4, 0.5) is 5.69 Å². The molecule has 3 unspecified atom stereocenters. The van der Waals surface area contributed by atoms with Gasteiger partial charge in [-0.05, 0) is 44.6 Å². The SMILES string of the molecule is COc1cc(NC(C)=O)c(Cl)cc1C(=O)NC(C)N1CCCC2CCCCC21. The number of likely N-dealkylation sites (tertiary alicyclic amines) is 1. The van der Waals surface area contributed by atoms with E-state index in [-0.39, 0.29) is 18.0 Å². The highest BCUT2D eigenvalue weighted by Crippen LogP contribution is 2.36. The van der Waals surface area contributed by atoms with Crippen molar-refractivity contribution in [1.82, 2.24) is 10.2 Å². The van der Waals surface area contributed by atoms with Crippen molar-refractivity contribution >= 4 is 29.1 Å². The lowest BCUT2D eigenvalue weighted by atomic mass is 9.78. The van der Waals surface area contributed by atoms with Crippen LogP contribution in [0.5, 0.6) is 5.75 Å². The minimum atomic E-state index is -0.234. The first-order valence-corrected chi connectivity index (χ1v) is 10.5. The zero-order valence-electron chi connectivity index (χ0n) is 16.9. The molecule has 0 radical (unpaired) electrons. The van der Waals surface area contributed by atoms with Crippen LogP contribution in [0.1, 0.15) is 62.7 Å². The highest BCUT2D eigenvalue weighted by molar-refractivity contribution is 6.34. The molecular formula is C21H30ClN3O3. The topological polar surface area (TPSA) is 70.7 Å². The molecular weight excluding hydrogens is 378 g/mol. The minimum Gasteiger partial charge on any atom is -0.496 e. The smallest absolute Gasteiger partial charge is 0.256 e. The van der Waals surface area contributed by atoms with Crippen LogP contribution in [0.25, 0.3) is 0 Å². The van der Waals surface area contributed by atoms with Gasteiger partial charge >= 0.3 is 0 Å². The van der Waals surface area contributed by atoms with Crippen molar-refractivity contribution in [3.8, 4) is 5.75 Å². The van der Waals surface area contributed by atoms with Crippen molar-refractivity contribution in [2.75, 3.05) is 19.0 Å². The van der Waals surface area contributed by atoms with Crippen molar-refractivity contribution in [3.63, 3.8) is 0 Å². The van der Waals surface area contributed by atoms with E-state index >= 15 is 0 Å². The van der Waals surface area contributed by atoms with Crippen molar-refractivity contribution in [1.29, 1.82) is 0 Å². The van der Waals surface area contributed by atoms with Crippen molar-refractivity contribution in [2.45, 2.75) is 64.6 Å². The maximum Gasteiger partial charge on any atom is 0.256 e. The lowest BCUT2D eigenvalue weighted by Crippen LogP contribution is -2.56. The molecule has 1 aromatic rings. The Kier molecular flexibility index (Phi) is 6.83. The van der Waals surface area contributed by atoms with Gasteiger partial charge in [0.15, 0.2) is 0 Å². The molecule has 1 saturated carbocycles. The number of piperidine rings is 1. The Labute approximate surface area is 171 Å². The zero-order valence-corrected chi connectivity index (χ0v) is 17.6. The van der Waals surface area contributed by atoms with Gasteiger partial charge in [-0.25, -0.2) is 0 Å². The standard InChI is InChI=1S/C21H30ClN3O3/c1-13(25-10-6-8-15-7-4-5-9-19(15)25)23-21(27)16-11-17(22)18(24-14(2)26)12-20(16)28-3/h11-13,15,19H,4-10H2,1-3H3,(H,23,27)(H,24,26). The molecule has 2 amide bonds. The quantitative estimate of drug-likeness (QED) is 0.772. The average molecular weight is 408 g/mol. The van der Waals surface area contributed by atoms with Gasteiger partial charge in [0.2, 0.25) is 5.91 Å². The van der Waals surface area contributed by atoms with E-state index in [0.717, 1.165) is 12.5 Å². The number of carbonyl (C=O) groups is 2. The maximum atomic E-state index is 13.0. The molecule has 2 aliphatic rings. The van der Waals surface area contributed by atoms with E-state index in [9.17, 15) is 9.59 Å². The summed E-state index contributed by atoms with van der Waals surface area (Å²) in [6.07, 6.45) is 7.54. The number of anilines is 1. The van der Waals surface area contributed by atoms with Crippen molar-refractivity contribution in [3.05, 3.63) is 22.7 Å². The minimum absolute atomic E-state index is 0.0584. The number of ether oxygens (including phenoxy) is 1. The Morgan fingerprint density at radius 2 is 1.93 bits per heavy atom. The Bertz CT molecular complexity index is 738. The van der Waals surface area contributed by atoms with E-state index in [2.05, 4.69) is 22.5 Å². The van der Waals surface area contributed by atoms with Crippen LogP contribution in [-0.2, 0) is 4.79 Å². The number of hydrogen-bond acceptors (Lipinski definition) is 4. The van der Waals surface area contributed by atoms with Gasteiger partial charge in [-0.2, -0.15) is 0 Å². The monoisotopic (exact) mass is 407 g/mol. The number of methoxy groups -OCH3 is 1. The molecule has 3 rings (SSSR count). The molecule has 28 heavy (non-hydrogen) atoms. The molecule has 6 nitrogen and oxygen atoms in total. The lowest BCUT2D eigenvalue weighted by molar-refractivity contribution is -0.114. The van der Waals surface area contributed by atoms with Crippen LogP contribution in [0.3, 0.4) is 0 Å². The molecule has 154 valence electrons. The van der Waals surface area contributed by atoms with E-state index in [0.29, 0.717) is 28.1 Å². The molecule has 2 N–H and O–H groups in total. The number of halogens is 1. The third kappa shape index (κ3) is 4.61. The van der Waals surface area contributed by atoms with Gasteiger partial charge in [0.25, 0.3) is 5.91 Å². The summed E-state index contributed by atoms with van der Waals surface area (Å²) < 4.78 is 5.37. The molecule has 0 aromatic heterocycles. The third-order valence-corrected chi connectivity index (χ3v) is 6.28. The fraction of sp³-hybridized carbons (Fsp3) is 0.619. The van der Waals surface area contributed by atoms with Gasteiger partial charge < -0.3 is 15.4 Å². The first kappa shape index (κ1) is 20.9. The van der Waals surface area contributed by atoms with E-state index in [4.69, 9.17) is 16.3 Å². The molecule has 1 aromatic carbocycles. The predicted octanol–water partition coefficient (Wildman–Crippen LogP) is 4.04. The molecule has 0 spiro atoms. The summed E-state index contributed by atoms with van der Waals surface area (Å²) in [6.45, 7) is 4.47. The predicted molar refractivity (Wildman–Crippen MR) is 111 cm³/mol. The number of nitrogens with one attached hydrogen (secondary N) is 2. The summed E-state index contributed by atoms with van der Waals surface area (Å²) in [5, 5.41) is 6.07. The highest BCUT2D eigenvalue weighted by atomic mass is 35.5. The third-order valence-electron chi connectivity index (χ3n) is 5.97. The van der Waals surface area contributed by atoms with Gasteiger partial charge in [-0.15, -0.1) is 0 Å². The molecule has 2 fully saturated rings. The second-order valence-corrected chi connectivity index (χ2v) is 8.26. The van der Waals surface area contributed by atoms with Crippen LogP contribution < -0.4 is 15.4 Å². The summed E-state index contributed by atoms with van der Waals surface area (Å²) in [4.78, 5) is 26.7. The summed E-state index contributed by atoms with van der Waals surface area (Å²) in [6, 6.07) is 3.69. The van der Waals surface area contributed by atoms with Crippen molar-refractivity contribution < 1.29 is 14.3 Å². The van der Waals surface area contributed by atoms with Crippen LogP contribution in [-0.4, -0.2) is 42.6 Å². The van der Waals surface area contributed by atoms with E-state index in [1.54, 1.807) is 12.1 Å². The zero-order chi connectivity index (χ0) is 20.3. The molecule has 1 saturated heterocycles. The molecule has 1 aliphatic carbocycles. The Morgan fingerprint density at radius 1 is 1.21 bits per heavy atom. The second kappa shape index (κ2) is 9.14. The number of hydrogen-bond donors (Lipinski definition) is 2. The first-order valence-electron chi connectivity index (χ1n) is 10.1.